The van der Waals surface area contributed by atoms with Gasteiger partial charge in [-0.15, -0.1) is 0 Å². The molecule has 0 aromatic heterocycles. The minimum Gasteiger partial charge on any atom is -0.369 e. The van der Waals surface area contributed by atoms with Gasteiger partial charge in [-0.25, -0.2) is 13.1 Å². The van der Waals surface area contributed by atoms with Crippen LogP contribution in [0, 0.1) is 5.92 Å². The Morgan fingerprint density at radius 1 is 0.941 bits per heavy atom. The average Bonchev–Trinajstić information content (AvgIpc) is 3.77. The first kappa shape index (κ1) is 23.3. The van der Waals surface area contributed by atoms with E-state index in [2.05, 4.69) is 32.0 Å². The van der Waals surface area contributed by atoms with Gasteiger partial charge in [0.15, 0.2) is 0 Å². The monoisotopic (exact) mass is 482 g/mol. The Morgan fingerprint density at radius 3 is 2.35 bits per heavy atom. The number of nitrogens with one attached hydrogen (secondary N) is 2. The molecule has 3 aliphatic rings. The van der Waals surface area contributed by atoms with Crippen molar-refractivity contribution in [1.29, 1.82) is 0 Å². The van der Waals surface area contributed by atoms with Crippen LogP contribution in [0.2, 0.25) is 0 Å². The standard InChI is InChI=1S/C26H34N4O3S/c31-26(13-8-20-6-11-25(12-7-20)34(32,33)28-22-9-10-22)27-23-2-1-3-24(18-23)30-16-14-29(15-17-30)19-21-4-5-21/h1-3,6-7,11-12,18,21-22,28H,4-5,8-10,13-17,19H2,(H,27,31). The van der Waals surface area contributed by atoms with E-state index in [-0.39, 0.29) is 16.8 Å². The normalized spacial score (nSPS) is 19.2. The molecule has 2 aliphatic carbocycles. The van der Waals surface area contributed by atoms with Crippen LogP contribution in [0.25, 0.3) is 0 Å². The van der Waals surface area contributed by atoms with Crippen LogP contribution < -0.4 is 14.9 Å². The molecule has 1 heterocycles. The first-order valence-electron chi connectivity index (χ1n) is 12.4. The van der Waals surface area contributed by atoms with Crippen molar-refractivity contribution in [3.63, 3.8) is 0 Å². The van der Waals surface area contributed by atoms with Crippen LogP contribution >= 0.6 is 0 Å². The number of nitrogens with zero attached hydrogens (tertiary/aromatic N) is 2. The van der Waals surface area contributed by atoms with Gasteiger partial charge in [-0.1, -0.05) is 18.2 Å². The fourth-order valence-corrected chi connectivity index (χ4v) is 5.74. The summed E-state index contributed by atoms with van der Waals surface area (Å²) in [5.74, 6) is 0.888. The highest BCUT2D eigenvalue weighted by molar-refractivity contribution is 7.89. The molecule has 1 saturated heterocycles. The van der Waals surface area contributed by atoms with E-state index in [4.69, 9.17) is 0 Å². The minimum absolute atomic E-state index is 0.0431. The number of anilines is 2. The summed E-state index contributed by atoms with van der Waals surface area (Å²) in [6, 6.07) is 15.0. The lowest BCUT2D eigenvalue weighted by molar-refractivity contribution is -0.116. The molecule has 0 spiro atoms. The van der Waals surface area contributed by atoms with Crippen molar-refractivity contribution in [2.45, 2.75) is 49.5 Å². The van der Waals surface area contributed by atoms with Gasteiger partial charge in [0.1, 0.15) is 0 Å². The lowest BCUT2D eigenvalue weighted by atomic mass is 10.1. The van der Waals surface area contributed by atoms with Crippen LogP contribution in [0.15, 0.2) is 53.4 Å². The van der Waals surface area contributed by atoms with Crippen LogP contribution in [0.5, 0.6) is 0 Å². The first-order chi connectivity index (χ1) is 16.4. The second-order valence-corrected chi connectivity index (χ2v) is 11.6. The number of benzene rings is 2. The third-order valence-electron chi connectivity index (χ3n) is 6.85. The molecule has 0 unspecified atom stereocenters. The molecule has 1 aliphatic heterocycles. The van der Waals surface area contributed by atoms with E-state index in [1.165, 1.54) is 19.4 Å². The second-order valence-electron chi connectivity index (χ2n) is 9.87. The van der Waals surface area contributed by atoms with Crippen LogP contribution in [0.3, 0.4) is 0 Å². The summed E-state index contributed by atoms with van der Waals surface area (Å²) >= 11 is 0. The van der Waals surface area contributed by atoms with Gasteiger partial charge >= 0.3 is 0 Å². The summed E-state index contributed by atoms with van der Waals surface area (Å²) in [5.41, 5.74) is 2.91. The smallest absolute Gasteiger partial charge is 0.240 e. The van der Waals surface area contributed by atoms with E-state index in [0.29, 0.717) is 12.8 Å². The Balaban J connectivity index is 1.09. The predicted octanol–water partition coefficient (Wildman–Crippen LogP) is 3.23. The van der Waals surface area contributed by atoms with Crippen LogP contribution in [0.4, 0.5) is 11.4 Å². The van der Waals surface area contributed by atoms with E-state index in [0.717, 1.165) is 61.9 Å². The molecule has 2 aromatic rings. The fourth-order valence-electron chi connectivity index (χ4n) is 4.44. The maximum atomic E-state index is 12.5. The van der Waals surface area contributed by atoms with E-state index < -0.39 is 10.0 Å². The zero-order chi connectivity index (χ0) is 23.5. The first-order valence-corrected chi connectivity index (χ1v) is 13.9. The summed E-state index contributed by atoms with van der Waals surface area (Å²) in [6.07, 6.45) is 5.51. The van der Waals surface area contributed by atoms with Crippen molar-refractivity contribution >= 4 is 27.3 Å². The number of amides is 1. The number of rotatable bonds is 10. The summed E-state index contributed by atoms with van der Waals surface area (Å²) in [7, 11) is -3.44. The Bertz CT molecular complexity index is 1100. The number of hydrogen-bond acceptors (Lipinski definition) is 5. The molecule has 2 saturated carbocycles. The maximum Gasteiger partial charge on any atom is 0.240 e. The van der Waals surface area contributed by atoms with Gasteiger partial charge in [0.2, 0.25) is 15.9 Å². The molecule has 34 heavy (non-hydrogen) atoms. The molecule has 1 amide bonds. The highest BCUT2D eigenvalue weighted by atomic mass is 32.2. The summed E-state index contributed by atoms with van der Waals surface area (Å²) < 4.78 is 27.3. The maximum absolute atomic E-state index is 12.5. The zero-order valence-corrected chi connectivity index (χ0v) is 20.4. The SMILES string of the molecule is O=C(CCc1ccc(S(=O)(=O)NC2CC2)cc1)Nc1cccc(N2CCN(CC3CC3)CC2)c1. The molecule has 8 heteroatoms. The fraction of sp³-hybridized carbons (Fsp3) is 0.500. The quantitative estimate of drug-likeness (QED) is 0.543. The Kier molecular flexibility index (Phi) is 6.90. The summed E-state index contributed by atoms with van der Waals surface area (Å²) in [6.45, 7) is 5.49. The lowest BCUT2D eigenvalue weighted by Gasteiger charge is -2.36. The Labute approximate surface area is 202 Å². The highest BCUT2D eigenvalue weighted by Gasteiger charge is 2.28. The molecule has 182 valence electrons. The van der Waals surface area contributed by atoms with E-state index >= 15 is 0 Å². The molecule has 3 fully saturated rings. The number of carbonyl (C=O) groups excluding carboxylic acids is 1. The third kappa shape index (κ3) is 6.37. The molecule has 2 aromatic carbocycles. The Morgan fingerprint density at radius 2 is 1.68 bits per heavy atom. The minimum atomic E-state index is -3.44. The molecule has 2 N–H and O–H groups in total. The number of hydrogen-bond donors (Lipinski definition) is 2. The van der Waals surface area contributed by atoms with Crippen LogP contribution in [0.1, 0.15) is 37.7 Å². The number of sulfonamides is 1. The molecule has 0 bridgehead atoms. The average molecular weight is 483 g/mol. The Hall–Kier alpha value is -2.42. The molecular formula is C26H34N4O3S. The number of aryl methyl sites for hydroxylation is 1. The molecular weight excluding hydrogens is 448 g/mol. The molecule has 5 rings (SSSR count). The summed E-state index contributed by atoms with van der Waals surface area (Å²) in [4.78, 5) is 17.8. The van der Waals surface area contributed by atoms with Crippen molar-refractivity contribution in [1.82, 2.24) is 9.62 Å². The van der Waals surface area contributed by atoms with Crippen molar-refractivity contribution in [3.8, 4) is 0 Å². The van der Waals surface area contributed by atoms with Gasteiger partial charge in [0.25, 0.3) is 0 Å². The zero-order valence-electron chi connectivity index (χ0n) is 19.6. The van der Waals surface area contributed by atoms with Gasteiger partial charge in [-0.05, 0) is 73.9 Å². The molecule has 7 nitrogen and oxygen atoms in total. The van der Waals surface area contributed by atoms with Crippen LogP contribution in [-0.4, -0.2) is 58.0 Å². The lowest BCUT2D eigenvalue weighted by Crippen LogP contribution is -2.47. The largest absolute Gasteiger partial charge is 0.369 e. The van der Waals surface area contributed by atoms with E-state index in [1.807, 2.05) is 12.1 Å². The van der Waals surface area contributed by atoms with Crippen molar-refractivity contribution in [3.05, 3.63) is 54.1 Å². The summed E-state index contributed by atoms with van der Waals surface area (Å²) in [5, 5.41) is 3.02. The second kappa shape index (κ2) is 10.1. The molecule has 0 radical (unpaired) electrons. The van der Waals surface area contributed by atoms with Crippen LogP contribution in [-0.2, 0) is 21.2 Å². The van der Waals surface area contributed by atoms with Gasteiger partial charge < -0.3 is 10.2 Å². The molecule has 0 atom stereocenters. The van der Waals surface area contributed by atoms with Gasteiger partial charge in [-0.2, -0.15) is 0 Å². The van der Waals surface area contributed by atoms with Crippen molar-refractivity contribution in [2.24, 2.45) is 5.92 Å². The number of carbonyl (C=O) groups is 1. The van der Waals surface area contributed by atoms with Crippen molar-refractivity contribution < 1.29 is 13.2 Å². The van der Waals surface area contributed by atoms with Gasteiger partial charge in [0, 0.05) is 56.6 Å². The van der Waals surface area contributed by atoms with E-state index in [1.54, 1.807) is 24.3 Å². The van der Waals surface area contributed by atoms with Crippen molar-refractivity contribution in [2.75, 3.05) is 42.9 Å². The predicted molar refractivity (Wildman–Crippen MR) is 135 cm³/mol. The third-order valence-corrected chi connectivity index (χ3v) is 8.39. The van der Waals surface area contributed by atoms with E-state index in [9.17, 15) is 13.2 Å². The van der Waals surface area contributed by atoms with Gasteiger partial charge in [0.05, 0.1) is 4.90 Å². The highest BCUT2D eigenvalue weighted by Crippen LogP contribution is 2.30. The topological polar surface area (TPSA) is 81.7 Å². The van der Waals surface area contributed by atoms with Gasteiger partial charge in [-0.3, -0.25) is 9.69 Å². The number of piperazine rings is 1.